The summed E-state index contributed by atoms with van der Waals surface area (Å²) in [6.45, 7) is 1.88. The Bertz CT molecular complexity index is 527. The van der Waals surface area contributed by atoms with E-state index in [-0.39, 0.29) is 0 Å². The predicted octanol–water partition coefficient (Wildman–Crippen LogP) is 1.97. The van der Waals surface area contributed by atoms with Crippen molar-refractivity contribution in [1.82, 2.24) is 0 Å². The van der Waals surface area contributed by atoms with Gasteiger partial charge in [-0.1, -0.05) is 22.0 Å². The summed E-state index contributed by atoms with van der Waals surface area (Å²) in [4.78, 5) is 10.3. The minimum absolute atomic E-state index is 0.410. The molecule has 0 saturated heterocycles. The zero-order valence-electron chi connectivity index (χ0n) is 9.10. The van der Waals surface area contributed by atoms with Crippen LogP contribution in [0, 0.1) is 6.92 Å². The molecule has 0 atom stereocenters. The summed E-state index contributed by atoms with van der Waals surface area (Å²) in [5.41, 5.74) is 1.39. The number of benzene rings is 1. The zero-order chi connectivity index (χ0) is 13.1. The topological polar surface area (TPSA) is 83.5 Å². The van der Waals surface area contributed by atoms with Gasteiger partial charge in [-0.05, 0) is 24.6 Å². The maximum absolute atomic E-state index is 11.5. The zero-order valence-corrected chi connectivity index (χ0v) is 11.5. The van der Waals surface area contributed by atoms with Crippen LogP contribution >= 0.6 is 15.9 Å². The number of hydrogen-bond acceptors (Lipinski definition) is 3. The molecule has 17 heavy (non-hydrogen) atoms. The van der Waals surface area contributed by atoms with Crippen LogP contribution in [-0.4, -0.2) is 25.2 Å². The number of carbonyl (C=O) groups is 1. The van der Waals surface area contributed by atoms with Gasteiger partial charge >= 0.3 is 5.97 Å². The standard InChI is InChI=1S/C10H12BrNO4S/c1-7-2-3-8(6-9(7)11)12-17(15,16)5-4-10(13)14/h2-3,6,12H,4-5H2,1H3,(H,13,14). The number of carboxylic acid groups (broad SMARTS) is 1. The smallest absolute Gasteiger partial charge is 0.304 e. The van der Waals surface area contributed by atoms with E-state index in [0.29, 0.717) is 5.69 Å². The molecule has 0 heterocycles. The second-order valence-electron chi connectivity index (χ2n) is 3.53. The first-order valence-electron chi connectivity index (χ1n) is 4.78. The third-order valence-corrected chi connectivity index (χ3v) is 4.17. The highest BCUT2D eigenvalue weighted by atomic mass is 79.9. The van der Waals surface area contributed by atoms with E-state index in [1.165, 1.54) is 0 Å². The molecule has 1 rings (SSSR count). The number of aryl methyl sites for hydroxylation is 1. The number of carboxylic acids is 1. The van der Waals surface area contributed by atoms with E-state index in [4.69, 9.17) is 5.11 Å². The van der Waals surface area contributed by atoms with Crippen molar-refractivity contribution in [2.75, 3.05) is 10.5 Å². The monoisotopic (exact) mass is 321 g/mol. The van der Waals surface area contributed by atoms with Gasteiger partial charge in [0.05, 0.1) is 12.2 Å². The van der Waals surface area contributed by atoms with Crippen molar-refractivity contribution >= 4 is 37.6 Å². The van der Waals surface area contributed by atoms with Gasteiger partial charge < -0.3 is 5.11 Å². The second kappa shape index (κ2) is 5.50. The van der Waals surface area contributed by atoms with Gasteiger partial charge in [-0.3, -0.25) is 9.52 Å². The van der Waals surface area contributed by atoms with Crippen LogP contribution in [0.4, 0.5) is 5.69 Å². The lowest BCUT2D eigenvalue weighted by Gasteiger charge is -2.08. The second-order valence-corrected chi connectivity index (χ2v) is 6.22. The third-order valence-electron chi connectivity index (χ3n) is 2.03. The molecule has 0 fully saturated rings. The van der Waals surface area contributed by atoms with E-state index >= 15 is 0 Å². The van der Waals surface area contributed by atoms with Crippen molar-refractivity contribution < 1.29 is 18.3 Å². The molecular formula is C10H12BrNO4S. The van der Waals surface area contributed by atoms with Gasteiger partial charge in [0.1, 0.15) is 0 Å². The van der Waals surface area contributed by atoms with E-state index in [9.17, 15) is 13.2 Å². The summed E-state index contributed by atoms with van der Waals surface area (Å²) in [6.07, 6.45) is -0.414. The molecule has 0 aliphatic carbocycles. The molecule has 0 radical (unpaired) electrons. The van der Waals surface area contributed by atoms with Crippen molar-refractivity contribution in [3.05, 3.63) is 28.2 Å². The van der Waals surface area contributed by atoms with Gasteiger partial charge in [0.2, 0.25) is 10.0 Å². The van der Waals surface area contributed by atoms with Crippen molar-refractivity contribution in [2.45, 2.75) is 13.3 Å². The number of sulfonamides is 1. The van der Waals surface area contributed by atoms with Crippen LogP contribution in [0.1, 0.15) is 12.0 Å². The van der Waals surface area contributed by atoms with Crippen LogP contribution in [0.5, 0.6) is 0 Å². The Labute approximate surface area is 108 Å². The molecule has 0 unspecified atom stereocenters. The van der Waals surface area contributed by atoms with Crippen LogP contribution < -0.4 is 4.72 Å². The Morgan fingerprint density at radius 3 is 2.65 bits per heavy atom. The van der Waals surface area contributed by atoms with E-state index in [0.717, 1.165) is 10.0 Å². The molecule has 2 N–H and O–H groups in total. The van der Waals surface area contributed by atoms with Crippen molar-refractivity contribution in [3.63, 3.8) is 0 Å². The molecule has 0 bridgehead atoms. The normalized spacial score (nSPS) is 11.2. The fourth-order valence-corrected chi connectivity index (χ4v) is 2.52. The van der Waals surface area contributed by atoms with Crippen molar-refractivity contribution in [1.29, 1.82) is 0 Å². The minimum atomic E-state index is -3.61. The number of nitrogens with one attached hydrogen (secondary N) is 1. The molecule has 0 amide bonds. The number of rotatable bonds is 5. The van der Waals surface area contributed by atoms with E-state index in [1.807, 2.05) is 6.92 Å². The highest BCUT2D eigenvalue weighted by Crippen LogP contribution is 2.21. The van der Waals surface area contributed by atoms with Gasteiger partial charge in [0.25, 0.3) is 0 Å². The van der Waals surface area contributed by atoms with Crippen molar-refractivity contribution in [2.24, 2.45) is 0 Å². The molecule has 0 aliphatic rings. The highest BCUT2D eigenvalue weighted by molar-refractivity contribution is 9.10. The average molecular weight is 322 g/mol. The molecular weight excluding hydrogens is 310 g/mol. The first-order valence-corrected chi connectivity index (χ1v) is 7.23. The molecule has 94 valence electrons. The Kier molecular flexibility index (Phi) is 4.53. The molecule has 0 aliphatic heterocycles. The van der Waals surface area contributed by atoms with Crippen LogP contribution in [0.3, 0.4) is 0 Å². The van der Waals surface area contributed by atoms with Gasteiger partial charge in [-0.25, -0.2) is 8.42 Å². The Morgan fingerprint density at radius 1 is 1.47 bits per heavy atom. The lowest BCUT2D eigenvalue weighted by Crippen LogP contribution is -2.18. The molecule has 0 spiro atoms. The fraction of sp³-hybridized carbons (Fsp3) is 0.300. The average Bonchev–Trinajstić information content (AvgIpc) is 2.21. The van der Waals surface area contributed by atoms with Crippen molar-refractivity contribution in [3.8, 4) is 0 Å². The third kappa shape index (κ3) is 4.74. The quantitative estimate of drug-likeness (QED) is 0.868. The van der Waals surface area contributed by atoms with Gasteiger partial charge in [-0.2, -0.15) is 0 Å². The summed E-state index contributed by atoms with van der Waals surface area (Å²) in [5, 5.41) is 8.42. The molecule has 5 nitrogen and oxygen atoms in total. The first-order chi connectivity index (χ1) is 7.80. The lowest BCUT2D eigenvalue weighted by atomic mass is 10.2. The summed E-state index contributed by atoms with van der Waals surface area (Å²) in [6, 6.07) is 5.02. The number of halogens is 1. The first kappa shape index (κ1) is 14.0. The SMILES string of the molecule is Cc1ccc(NS(=O)(=O)CCC(=O)O)cc1Br. The lowest BCUT2D eigenvalue weighted by molar-refractivity contribution is -0.136. The predicted molar refractivity (Wildman–Crippen MR) is 68.5 cm³/mol. The summed E-state index contributed by atoms with van der Waals surface area (Å²) < 4.78 is 26.1. The maximum Gasteiger partial charge on any atom is 0.304 e. The highest BCUT2D eigenvalue weighted by Gasteiger charge is 2.13. The van der Waals surface area contributed by atoms with Crippen LogP contribution in [0.15, 0.2) is 22.7 Å². The van der Waals surface area contributed by atoms with Gasteiger partial charge in [-0.15, -0.1) is 0 Å². The number of aliphatic carboxylic acids is 1. The summed E-state index contributed by atoms with van der Waals surface area (Å²) in [7, 11) is -3.61. The number of anilines is 1. The van der Waals surface area contributed by atoms with E-state index < -0.39 is 28.2 Å². The maximum atomic E-state index is 11.5. The van der Waals surface area contributed by atoms with Crippen LogP contribution in [0.2, 0.25) is 0 Å². The molecule has 1 aromatic carbocycles. The van der Waals surface area contributed by atoms with Crippen LogP contribution in [-0.2, 0) is 14.8 Å². The van der Waals surface area contributed by atoms with Gasteiger partial charge in [0, 0.05) is 10.2 Å². The molecule has 0 aromatic heterocycles. The fourth-order valence-electron chi connectivity index (χ4n) is 1.11. The summed E-state index contributed by atoms with van der Waals surface area (Å²) >= 11 is 3.29. The Morgan fingerprint density at radius 2 is 2.12 bits per heavy atom. The van der Waals surface area contributed by atoms with E-state index in [1.54, 1.807) is 18.2 Å². The minimum Gasteiger partial charge on any atom is -0.481 e. The van der Waals surface area contributed by atoms with Crippen LogP contribution in [0.25, 0.3) is 0 Å². The summed E-state index contributed by atoms with van der Waals surface area (Å²) in [5.74, 6) is -1.58. The number of hydrogen-bond donors (Lipinski definition) is 2. The molecule has 0 saturated carbocycles. The van der Waals surface area contributed by atoms with E-state index in [2.05, 4.69) is 20.7 Å². The Balaban J connectivity index is 2.76. The molecule has 1 aromatic rings. The largest absolute Gasteiger partial charge is 0.481 e. The Hall–Kier alpha value is -1.08. The molecule has 7 heteroatoms. The van der Waals surface area contributed by atoms with Gasteiger partial charge in [0.15, 0.2) is 0 Å².